The number of aromatic amines is 1. The molecule has 0 bridgehead atoms. The van der Waals surface area contributed by atoms with E-state index in [4.69, 9.17) is 28.9 Å². The maximum atomic E-state index is 12.0. The van der Waals surface area contributed by atoms with Crippen molar-refractivity contribution >= 4 is 40.7 Å². The van der Waals surface area contributed by atoms with Crippen LogP contribution in [0.2, 0.25) is 10.2 Å². The van der Waals surface area contributed by atoms with Crippen LogP contribution in [0.4, 0.5) is 5.69 Å². The second-order valence-corrected chi connectivity index (χ2v) is 4.98. The monoisotopic (exact) mass is 311 g/mol. The van der Waals surface area contributed by atoms with E-state index in [0.717, 1.165) is 5.56 Å². The van der Waals surface area contributed by atoms with Gasteiger partial charge >= 0.3 is 0 Å². The number of halogens is 2. The number of H-pyrrole nitrogens is 1. The molecule has 1 heterocycles. The molecule has 0 aliphatic heterocycles. The van der Waals surface area contributed by atoms with Crippen molar-refractivity contribution in [1.29, 1.82) is 0 Å². The highest BCUT2D eigenvalue weighted by molar-refractivity contribution is 6.41. The Kier molecular flexibility index (Phi) is 4.01. The third-order valence-electron chi connectivity index (χ3n) is 2.74. The standard InChI is InChI=1S/C13H11Cl2N3O2/c1-6-2-3-7(12(16)19)4-9(6)18-13(20)10-5-8(14)11(15)17-10/h2-5,17H,1H3,(H2,16,19)(H,18,20). The number of aryl methyl sites for hydroxylation is 1. The van der Waals surface area contributed by atoms with Gasteiger partial charge in [-0.25, -0.2) is 0 Å². The van der Waals surface area contributed by atoms with Gasteiger partial charge in [0.25, 0.3) is 5.91 Å². The summed E-state index contributed by atoms with van der Waals surface area (Å²) in [6, 6.07) is 6.23. The van der Waals surface area contributed by atoms with E-state index in [1.807, 2.05) is 0 Å². The van der Waals surface area contributed by atoms with Gasteiger partial charge in [0.2, 0.25) is 5.91 Å². The smallest absolute Gasteiger partial charge is 0.272 e. The van der Waals surface area contributed by atoms with Gasteiger partial charge in [-0.2, -0.15) is 0 Å². The number of hydrogen-bond acceptors (Lipinski definition) is 2. The van der Waals surface area contributed by atoms with Crippen LogP contribution in [0.1, 0.15) is 26.4 Å². The molecule has 0 radical (unpaired) electrons. The van der Waals surface area contributed by atoms with Crippen molar-refractivity contribution in [2.45, 2.75) is 6.92 Å². The lowest BCUT2D eigenvalue weighted by Gasteiger charge is -2.08. The molecule has 1 aromatic heterocycles. The average molecular weight is 312 g/mol. The van der Waals surface area contributed by atoms with Crippen LogP contribution in [0.3, 0.4) is 0 Å². The Bertz CT molecular complexity index is 675. The molecule has 4 N–H and O–H groups in total. The van der Waals surface area contributed by atoms with E-state index in [1.165, 1.54) is 12.1 Å². The van der Waals surface area contributed by atoms with E-state index in [9.17, 15) is 9.59 Å². The van der Waals surface area contributed by atoms with Crippen molar-refractivity contribution in [3.05, 3.63) is 51.3 Å². The number of nitrogens with one attached hydrogen (secondary N) is 2. The Morgan fingerprint density at radius 1 is 1.25 bits per heavy atom. The number of nitrogens with two attached hydrogens (primary N) is 1. The predicted octanol–water partition coefficient (Wildman–Crippen LogP) is 2.98. The molecule has 0 fully saturated rings. The molecule has 2 rings (SSSR count). The van der Waals surface area contributed by atoms with Crippen molar-refractivity contribution < 1.29 is 9.59 Å². The summed E-state index contributed by atoms with van der Waals surface area (Å²) in [5.41, 5.74) is 7.04. The third-order valence-corrected chi connectivity index (χ3v) is 3.43. The summed E-state index contributed by atoms with van der Waals surface area (Å²) in [5, 5.41) is 3.12. The minimum atomic E-state index is -0.563. The van der Waals surface area contributed by atoms with E-state index in [1.54, 1.807) is 19.1 Å². The number of rotatable bonds is 3. The molecular formula is C13H11Cl2N3O2. The van der Waals surface area contributed by atoms with Gasteiger partial charge in [-0.05, 0) is 30.7 Å². The predicted molar refractivity (Wildman–Crippen MR) is 78.5 cm³/mol. The molecule has 0 aliphatic rings. The quantitative estimate of drug-likeness (QED) is 0.813. The largest absolute Gasteiger partial charge is 0.366 e. The summed E-state index contributed by atoms with van der Waals surface area (Å²) >= 11 is 11.5. The lowest BCUT2D eigenvalue weighted by atomic mass is 10.1. The fourth-order valence-electron chi connectivity index (χ4n) is 1.63. The Morgan fingerprint density at radius 3 is 2.50 bits per heavy atom. The summed E-state index contributed by atoms with van der Waals surface area (Å²) in [6.07, 6.45) is 0. The minimum Gasteiger partial charge on any atom is -0.366 e. The van der Waals surface area contributed by atoms with Crippen LogP contribution in [0.5, 0.6) is 0 Å². The van der Waals surface area contributed by atoms with Crippen LogP contribution < -0.4 is 11.1 Å². The Balaban J connectivity index is 2.27. The number of amides is 2. The summed E-state index contributed by atoms with van der Waals surface area (Å²) in [6.45, 7) is 1.80. The van der Waals surface area contributed by atoms with Gasteiger partial charge in [0, 0.05) is 11.3 Å². The van der Waals surface area contributed by atoms with Crippen molar-refractivity contribution in [1.82, 2.24) is 4.98 Å². The number of hydrogen-bond donors (Lipinski definition) is 3. The highest BCUT2D eigenvalue weighted by atomic mass is 35.5. The van der Waals surface area contributed by atoms with Gasteiger partial charge in [0.05, 0.1) is 5.02 Å². The summed E-state index contributed by atoms with van der Waals surface area (Å²) in [5.74, 6) is -0.977. The summed E-state index contributed by atoms with van der Waals surface area (Å²) in [7, 11) is 0. The van der Waals surface area contributed by atoms with Crippen LogP contribution >= 0.6 is 23.2 Å². The first-order valence-corrected chi connectivity index (χ1v) is 6.40. The molecule has 2 aromatic rings. The molecule has 0 spiro atoms. The molecule has 104 valence electrons. The lowest BCUT2D eigenvalue weighted by Crippen LogP contribution is -2.15. The second-order valence-electron chi connectivity index (χ2n) is 4.19. The number of benzene rings is 1. The fourth-order valence-corrected chi connectivity index (χ4v) is 1.94. The molecule has 0 aliphatic carbocycles. The Labute approximate surface area is 125 Å². The molecule has 0 saturated heterocycles. The number of carbonyl (C=O) groups excluding carboxylic acids is 2. The molecule has 0 atom stereocenters. The third kappa shape index (κ3) is 2.95. The normalized spacial score (nSPS) is 10.3. The van der Waals surface area contributed by atoms with E-state index in [-0.39, 0.29) is 15.9 Å². The zero-order valence-electron chi connectivity index (χ0n) is 10.5. The van der Waals surface area contributed by atoms with Gasteiger partial charge in [-0.1, -0.05) is 29.3 Å². The fraction of sp³-hybridized carbons (Fsp3) is 0.0769. The van der Waals surface area contributed by atoms with Gasteiger partial charge in [-0.3, -0.25) is 9.59 Å². The zero-order valence-corrected chi connectivity index (χ0v) is 12.0. The van der Waals surface area contributed by atoms with Crippen molar-refractivity contribution in [3.8, 4) is 0 Å². The first kappa shape index (κ1) is 14.4. The van der Waals surface area contributed by atoms with Crippen LogP contribution in [0.15, 0.2) is 24.3 Å². The molecule has 0 unspecified atom stereocenters. The number of carbonyl (C=O) groups is 2. The number of aromatic nitrogens is 1. The molecule has 5 nitrogen and oxygen atoms in total. The second kappa shape index (κ2) is 5.56. The van der Waals surface area contributed by atoms with E-state index >= 15 is 0 Å². The molecule has 0 saturated carbocycles. The maximum Gasteiger partial charge on any atom is 0.272 e. The van der Waals surface area contributed by atoms with E-state index in [2.05, 4.69) is 10.3 Å². The van der Waals surface area contributed by atoms with Crippen molar-refractivity contribution in [2.24, 2.45) is 5.73 Å². The maximum absolute atomic E-state index is 12.0. The number of anilines is 1. The molecule has 20 heavy (non-hydrogen) atoms. The van der Waals surface area contributed by atoms with Crippen molar-refractivity contribution in [2.75, 3.05) is 5.32 Å². The van der Waals surface area contributed by atoms with Crippen LogP contribution in [0.25, 0.3) is 0 Å². The van der Waals surface area contributed by atoms with Crippen LogP contribution in [-0.2, 0) is 0 Å². The highest BCUT2D eigenvalue weighted by Gasteiger charge is 2.13. The number of primary amides is 1. The summed E-state index contributed by atoms with van der Waals surface area (Å²) < 4.78 is 0. The average Bonchev–Trinajstić information content (AvgIpc) is 2.72. The molecule has 7 heteroatoms. The lowest BCUT2D eigenvalue weighted by molar-refractivity contribution is 0.0995. The van der Waals surface area contributed by atoms with Gasteiger partial charge in [-0.15, -0.1) is 0 Å². The Morgan fingerprint density at radius 2 is 1.95 bits per heavy atom. The topological polar surface area (TPSA) is 88.0 Å². The molecule has 2 amide bonds. The van der Waals surface area contributed by atoms with Gasteiger partial charge in [0.15, 0.2) is 0 Å². The van der Waals surface area contributed by atoms with Crippen LogP contribution in [0, 0.1) is 6.92 Å². The first-order chi connectivity index (χ1) is 9.38. The van der Waals surface area contributed by atoms with E-state index in [0.29, 0.717) is 11.3 Å². The zero-order chi connectivity index (χ0) is 14.9. The van der Waals surface area contributed by atoms with Gasteiger partial charge < -0.3 is 16.0 Å². The van der Waals surface area contributed by atoms with Gasteiger partial charge in [0.1, 0.15) is 10.8 Å². The Hall–Kier alpha value is -1.98. The minimum absolute atomic E-state index is 0.194. The highest BCUT2D eigenvalue weighted by Crippen LogP contribution is 2.23. The first-order valence-electron chi connectivity index (χ1n) is 5.64. The SMILES string of the molecule is Cc1ccc(C(N)=O)cc1NC(=O)c1cc(Cl)c(Cl)[nH]1. The molecule has 1 aromatic carbocycles. The van der Waals surface area contributed by atoms with Crippen LogP contribution in [-0.4, -0.2) is 16.8 Å². The van der Waals surface area contributed by atoms with E-state index < -0.39 is 11.8 Å². The molecular weight excluding hydrogens is 301 g/mol. The summed E-state index contributed by atoms with van der Waals surface area (Å²) in [4.78, 5) is 25.8. The van der Waals surface area contributed by atoms with Crippen molar-refractivity contribution in [3.63, 3.8) is 0 Å².